The van der Waals surface area contributed by atoms with Crippen molar-refractivity contribution < 1.29 is 4.79 Å². The standard InChI is InChI=1S/C22H24N2O2/c1-15-7-4-5-9-18(15)11-12-24(17(3)25)14-20-13-19-10-6-8-16(2)21(19)23-22(20)26/h4-10,13H,11-12,14H2,1-3H3,(H,23,26). The Balaban J connectivity index is 1.83. The average Bonchev–Trinajstić information content (AvgIpc) is 2.61. The van der Waals surface area contributed by atoms with Gasteiger partial charge in [-0.2, -0.15) is 0 Å². The molecule has 0 atom stereocenters. The van der Waals surface area contributed by atoms with Crippen LogP contribution in [0.5, 0.6) is 0 Å². The van der Waals surface area contributed by atoms with E-state index in [1.54, 1.807) is 11.8 Å². The Hall–Kier alpha value is -2.88. The fraction of sp³-hybridized carbons (Fsp3) is 0.273. The number of rotatable bonds is 5. The number of aromatic nitrogens is 1. The molecule has 134 valence electrons. The number of amides is 1. The summed E-state index contributed by atoms with van der Waals surface area (Å²) >= 11 is 0. The van der Waals surface area contributed by atoms with Gasteiger partial charge in [0, 0.05) is 19.0 Å². The van der Waals surface area contributed by atoms with Crippen molar-refractivity contribution in [3.8, 4) is 0 Å². The first kappa shape index (κ1) is 17.9. The number of carbonyl (C=O) groups is 1. The molecule has 1 amide bonds. The third-order valence-electron chi connectivity index (χ3n) is 4.88. The number of para-hydroxylation sites is 1. The molecular formula is C22H24N2O2. The summed E-state index contributed by atoms with van der Waals surface area (Å²) in [4.78, 5) is 29.3. The SMILES string of the molecule is CC(=O)N(CCc1ccccc1C)Cc1cc2cccc(C)c2[nH]c1=O. The summed E-state index contributed by atoms with van der Waals surface area (Å²) in [5, 5.41) is 0.988. The number of H-pyrrole nitrogens is 1. The quantitative estimate of drug-likeness (QED) is 0.764. The Bertz CT molecular complexity index is 1000. The lowest BCUT2D eigenvalue weighted by molar-refractivity contribution is -0.129. The van der Waals surface area contributed by atoms with Gasteiger partial charge in [0.05, 0.1) is 12.1 Å². The van der Waals surface area contributed by atoms with E-state index in [9.17, 15) is 9.59 Å². The van der Waals surface area contributed by atoms with Crippen LogP contribution in [0, 0.1) is 13.8 Å². The van der Waals surface area contributed by atoms with Crippen LogP contribution < -0.4 is 5.56 Å². The molecule has 2 aromatic carbocycles. The Morgan fingerprint density at radius 3 is 2.46 bits per heavy atom. The van der Waals surface area contributed by atoms with Gasteiger partial charge in [0.2, 0.25) is 5.91 Å². The molecule has 0 unspecified atom stereocenters. The molecule has 0 aliphatic carbocycles. The Kier molecular flexibility index (Phi) is 5.21. The second-order valence-electron chi connectivity index (χ2n) is 6.78. The minimum absolute atomic E-state index is 0.0256. The fourth-order valence-corrected chi connectivity index (χ4v) is 3.25. The summed E-state index contributed by atoms with van der Waals surface area (Å²) in [5.41, 5.74) is 4.82. The van der Waals surface area contributed by atoms with Crippen molar-refractivity contribution in [2.24, 2.45) is 0 Å². The first-order valence-electron chi connectivity index (χ1n) is 8.87. The van der Waals surface area contributed by atoms with Gasteiger partial charge >= 0.3 is 0 Å². The lowest BCUT2D eigenvalue weighted by Crippen LogP contribution is -2.32. The van der Waals surface area contributed by atoms with Crippen LogP contribution in [-0.4, -0.2) is 22.3 Å². The zero-order valence-electron chi connectivity index (χ0n) is 15.5. The number of pyridine rings is 1. The number of hydrogen-bond donors (Lipinski definition) is 1. The highest BCUT2D eigenvalue weighted by Gasteiger charge is 2.13. The first-order valence-corrected chi connectivity index (χ1v) is 8.87. The molecule has 0 spiro atoms. The van der Waals surface area contributed by atoms with Crippen molar-refractivity contribution >= 4 is 16.8 Å². The molecule has 0 bridgehead atoms. The van der Waals surface area contributed by atoms with Crippen LogP contribution in [-0.2, 0) is 17.8 Å². The lowest BCUT2D eigenvalue weighted by atomic mass is 10.1. The maximum absolute atomic E-state index is 12.5. The highest BCUT2D eigenvalue weighted by Crippen LogP contribution is 2.16. The van der Waals surface area contributed by atoms with Crippen molar-refractivity contribution in [2.75, 3.05) is 6.54 Å². The molecule has 0 aliphatic rings. The molecule has 1 heterocycles. The van der Waals surface area contributed by atoms with Crippen molar-refractivity contribution in [3.63, 3.8) is 0 Å². The van der Waals surface area contributed by atoms with Gasteiger partial charge in [-0.1, -0.05) is 42.5 Å². The molecule has 26 heavy (non-hydrogen) atoms. The molecule has 0 saturated carbocycles. The van der Waals surface area contributed by atoms with Gasteiger partial charge in [0.15, 0.2) is 0 Å². The number of aromatic amines is 1. The van der Waals surface area contributed by atoms with E-state index >= 15 is 0 Å². The normalized spacial score (nSPS) is 10.9. The van der Waals surface area contributed by atoms with E-state index in [1.807, 2.05) is 43.3 Å². The number of nitrogens with one attached hydrogen (secondary N) is 1. The number of hydrogen-bond acceptors (Lipinski definition) is 2. The van der Waals surface area contributed by atoms with Gasteiger partial charge < -0.3 is 9.88 Å². The molecule has 0 aliphatic heterocycles. The van der Waals surface area contributed by atoms with Crippen LogP contribution in [0.25, 0.3) is 10.9 Å². The summed E-state index contributed by atoms with van der Waals surface area (Å²) in [5.74, 6) is -0.0256. The fourth-order valence-electron chi connectivity index (χ4n) is 3.25. The molecule has 1 aromatic heterocycles. The van der Waals surface area contributed by atoms with Crippen molar-refractivity contribution in [1.82, 2.24) is 9.88 Å². The predicted octanol–water partition coefficient (Wildman–Crippen LogP) is 3.74. The molecule has 4 nitrogen and oxygen atoms in total. The number of carbonyl (C=O) groups excluding carboxylic acids is 1. The van der Waals surface area contributed by atoms with Gasteiger partial charge in [-0.25, -0.2) is 0 Å². The van der Waals surface area contributed by atoms with E-state index < -0.39 is 0 Å². The number of benzene rings is 2. The summed E-state index contributed by atoms with van der Waals surface area (Å²) in [6.45, 7) is 6.51. The monoisotopic (exact) mass is 348 g/mol. The molecule has 3 aromatic rings. The van der Waals surface area contributed by atoms with Crippen LogP contribution >= 0.6 is 0 Å². The molecule has 0 saturated heterocycles. The molecule has 3 rings (SSSR count). The number of aryl methyl sites for hydroxylation is 2. The Morgan fingerprint density at radius 2 is 1.73 bits per heavy atom. The molecular weight excluding hydrogens is 324 g/mol. The second-order valence-corrected chi connectivity index (χ2v) is 6.78. The van der Waals surface area contributed by atoms with Crippen molar-refractivity contribution in [3.05, 3.63) is 81.1 Å². The molecule has 0 fully saturated rings. The van der Waals surface area contributed by atoms with Gasteiger partial charge in [-0.05, 0) is 48.4 Å². The summed E-state index contributed by atoms with van der Waals surface area (Å²) < 4.78 is 0. The van der Waals surface area contributed by atoms with E-state index in [0.717, 1.165) is 22.9 Å². The summed E-state index contributed by atoms with van der Waals surface area (Å²) in [7, 11) is 0. The van der Waals surface area contributed by atoms with Crippen LogP contribution in [0.15, 0.2) is 53.3 Å². The topological polar surface area (TPSA) is 53.2 Å². The third kappa shape index (κ3) is 3.85. The van der Waals surface area contributed by atoms with E-state index in [0.29, 0.717) is 18.7 Å². The number of nitrogens with zero attached hydrogens (tertiary/aromatic N) is 1. The molecule has 0 radical (unpaired) electrons. The Morgan fingerprint density at radius 1 is 1.00 bits per heavy atom. The van der Waals surface area contributed by atoms with E-state index in [1.165, 1.54) is 11.1 Å². The maximum atomic E-state index is 12.5. The minimum atomic E-state index is -0.131. The smallest absolute Gasteiger partial charge is 0.253 e. The van der Waals surface area contributed by atoms with Gasteiger partial charge in [-0.15, -0.1) is 0 Å². The van der Waals surface area contributed by atoms with Crippen LogP contribution in [0.1, 0.15) is 29.2 Å². The van der Waals surface area contributed by atoms with Gasteiger partial charge in [0.1, 0.15) is 0 Å². The predicted molar refractivity (Wildman–Crippen MR) is 105 cm³/mol. The molecule has 1 N–H and O–H groups in total. The summed E-state index contributed by atoms with van der Waals surface area (Å²) in [6.07, 6.45) is 0.775. The maximum Gasteiger partial charge on any atom is 0.253 e. The van der Waals surface area contributed by atoms with Gasteiger partial charge in [-0.3, -0.25) is 9.59 Å². The first-order chi connectivity index (χ1) is 12.5. The summed E-state index contributed by atoms with van der Waals surface area (Å²) in [6, 6.07) is 16.0. The van der Waals surface area contributed by atoms with Crippen molar-refractivity contribution in [1.29, 1.82) is 0 Å². The van der Waals surface area contributed by atoms with Gasteiger partial charge in [0.25, 0.3) is 5.56 Å². The van der Waals surface area contributed by atoms with Crippen LogP contribution in [0.3, 0.4) is 0 Å². The van der Waals surface area contributed by atoms with E-state index in [2.05, 4.69) is 24.0 Å². The minimum Gasteiger partial charge on any atom is -0.338 e. The third-order valence-corrected chi connectivity index (χ3v) is 4.88. The highest BCUT2D eigenvalue weighted by atomic mass is 16.2. The molecule has 4 heteroatoms. The highest BCUT2D eigenvalue weighted by molar-refractivity contribution is 5.82. The van der Waals surface area contributed by atoms with Crippen LogP contribution in [0.4, 0.5) is 0 Å². The Labute approximate surface area is 153 Å². The zero-order valence-corrected chi connectivity index (χ0v) is 15.5. The number of fused-ring (bicyclic) bond motifs is 1. The van der Waals surface area contributed by atoms with E-state index in [-0.39, 0.29) is 11.5 Å². The largest absolute Gasteiger partial charge is 0.338 e. The average molecular weight is 348 g/mol. The second kappa shape index (κ2) is 7.56. The van der Waals surface area contributed by atoms with E-state index in [4.69, 9.17) is 0 Å². The zero-order chi connectivity index (χ0) is 18.7. The van der Waals surface area contributed by atoms with Crippen LogP contribution in [0.2, 0.25) is 0 Å². The van der Waals surface area contributed by atoms with Crippen molar-refractivity contribution in [2.45, 2.75) is 33.7 Å². The lowest BCUT2D eigenvalue weighted by Gasteiger charge is -2.21.